The van der Waals surface area contributed by atoms with Gasteiger partial charge in [-0.15, -0.1) is 11.3 Å². The molecule has 2 aliphatic rings. The largest absolute Gasteiger partial charge is 0.493 e. The standard InChI is InChI=1S/C48H60BrN7O4S/c1-31-44(61-30-50-31)34-19-17-33(18-20-34)38(51-47(58)60-48(2,3)4)15-10-24-54-25-21-32(22-26-54)36-28-40-41(29-42(36)59-27-11-23-53(5)6)56-39-16-9-14-37(49)43(39)45(57)52-46(56)55(40)35-12-7-8-13-35/h9,14,16-20,28-30,32,35,38H,7-8,10-13,15,21-27H2,1-6H3,(H,51,58)/t38-/m0/s1. The number of hydrogen-bond donors (Lipinski definition) is 1. The molecule has 3 aromatic carbocycles. The second-order valence-electron chi connectivity index (χ2n) is 18.2. The predicted molar refractivity (Wildman–Crippen MR) is 250 cm³/mol. The predicted octanol–water partition coefficient (Wildman–Crippen LogP) is 10.7. The summed E-state index contributed by atoms with van der Waals surface area (Å²) in [5, 5.41) is 3.78. The molecule has 1 aliphatic carbocycles. The van der Waals surface area contributed by atoms with Crippen molar-refractivity contribution in [3.63, 3.8) is 0 Å². The monoisotopic (exact) mass is 909 g/mol. The Balaban J connectivity index is 1.03. The van der Waals surface area contributed by atoms with E-state index in [0.29, 0.717) is 29.7 Å². The molecule has 0 unspecified atom stereocenters. The van der Waals surface area contributed by atoms with Crippen LogP contribution in [-0.4, -0.2) is 87.3 Å². The molecule has 1 N–H and O–H groups in total. The number of aromatic nitrogens is 4. The van der Waals surface area contributed by atoms with E-state index in [9.17, 15) is 9.59 Å². The number of halogens is 1. The SMILES string of the molecule is Cc1ncsc1-c1ccc([C@H](CCCN2CCC(c3cc4c(cc3OCCCN(C)C)n3c5cccc(Br)c5c(=O)nc3n4C3CCCC3)CC2)NC(=O)OC(C)(C)C)cc1. The minimum absolute atomic E-state index is 0.169. The summed E-state index contributed by atoms with van der Waals surface area (Å²) < 4.78 is 17.8. The average molecular weight is 911 g/mol. The summed E-state index contributed by atoms with van der Waals surface area (Å²) in [6.07, 6.45) is 8.82. The van der Waals surface area contributed by atoms with Gasteiger partial charge in [0.05, 0.1) is 50.7 Å². The molecule has 61 heavy (non-hydrogen) atoms. The van der Waals surface area contributed by atoms with Crippen molar-refractivity contribution in [2.45, 2.75) is 109 Å². The van der Waals surface area contributed by atoms with Gasteiger partial charge in [0.2, 0.25) is 5.78 Å². The van der Waals surface area contributed by atoms with Crippen molar-refractivity contribution < 1.29 is 14.3 Å². The van der Waals surface area contributed by atoms with Gasteiger partial charge < -0.3 is 29.2 Å². The summed E-state index contributed by atoms with van der Waals surface area (Å²) in [5.41, 5.74) is 8.60. The molecule has 1 saturated heterocycles. The van der Waals surface area contributed by atoms with Gasteiger partial charge >= 0.3 is 6.09 Å². The van der Waals surface area contributed by atoms with Crippen LogP contribution < -0.4 is 15.6 Å². The Morgan fingerprint density at radius 3 is 2.44 bits per heavy atom. The minimum Gasteiger partial charge on any atom is -0.493 e. The lowest BCUT2D eigenvalue weighted by Gasteiger charge is -2.33. The van der Waals surface area contributed by atoms with Crippen LogP contribution in [0, 0.1) is 6.92 Å². The first-order valence-electron chi connectivity index (χ1n) is 22.0. The van der Waals surface area contributed by atoms with Gasteiger partial charge in [-0.05, 0) is 163 Å². The first-order valence-corrected chi connectivity index (χ1v) is 23.7. The van der Waals surface area contributed by atoms with E-state index in [2.05, 4.69) is 95.5 Å². The summed E-state index contributed by atoms with van der Waals surface area (Å²) in [6, 6.07) is 19.2. The number of amides is 1. The lowest BCUT2D eigenvalue weighted by molar-refractivity contribution is 0.0499. The molecule has 0 radical (unpaired) electrons. The lowest BCUT2D eigenvalue weighted by Crippen LogP contribution is -2.36. The number of likely N-dealkylation sites (tertiary alicyclic amines) is 1. The number of nitrogens with zero attached hydrogens (tertiary/aromatic N) is 6. The van der Waals surface area contributed by atoms with E-state index in [1.807, 2.05) is 51.4 Å². The van der Waals surface area contributed by atoms with Crippen LogP contribution in [0.2, 0.25) is 0 Å². The van der Waals surface area contributed by atoms with Crippen LogP contribution in [-0.2, 0) is 4.74 Å². The van der Waals surface area contributed by atoms with Gasteiger partial charge in [0.25, 0.3) is 5.56 Å². The summed E-state index contributed by atoms with van der Waals surface area (Å²) in [5.74, 6) is 1.98. The highest BCUT2D eigenvalue weighted by Gasteiger charge is 2.30. The number of benzene rings is 3. The Bertz CT molecular complexity index is 2540. The van der Waals surface area contributed by atoms with E-state index in [0.717, 1.165) is 115 Å². The molecule has 324 valence electrons. The first kappa shape index (κ1) is 43.4. The van der Waals surface area contributed by atoms with Gasteiger partial charge in [-0.2, -0.15) is 4.98 Å². The molecule has 0 bridgehead atoms. The van der Waals surface area contributed by atoms with Crippen molar-refractivity contribution >= 4 is 61.1 Å². The number of ether oxygens (including phenoxy) is 2. The third-order valence-corrected chi connectivity index (χ3v) is 14.0. The lowest BCUT2D eigenvalue weighted by atomic mass is 9.88. The summed E-state index contributed by atoms with van der Waals surface area (Å²) in [4.78, 5) is 41.8. The topological polar surface area (TPSA) is 106 Å². The van der Waals surface area contributed by atoms with Crippen molar-refractivity contribution in [3.05, 3.63) is 91.8 Å². The number of piperidine rings is 1. The Hall–Kier alpha value is -4.30. The maximum absolute atomic E-state index is 13.6. The fraction of sp³-hybridized carbons (Fsp3) is 0.500. The van der Waals surface area contributed by atoms with E-state index in [-0.39, 0.29) is 11.6 Å². The fourth-order valence-corrected chi connectivity index (χ4v) is 10.7. The molecule has 2 fully saturated rings. The molecular formula is C48H60BrN7O4S. The molecule has 4 heterocycles. The number of alkyl carbamates (subject to hydrolysis) is 1. The summed E-state index contributed by atoms with van der Waals surface area (Å²) >= 11 is 5.30. The molecule has 1 saturated carbocycles. The molecule has 1 atom stereocenters. The molecule has 3 aromatic heterocycles. The Kier molecular flexibility index (Phi) is 13.2. The Morgan fingerprint density at radius 1 is 1.00 bits per heavy atom. The van der Waals surface area contributed by atoms with Crippen LogP contribution in [0.15, 0.2) is 69.4 Å². The number of imidazole rings is 1. The van der Waals surface area contributed by atoms with E-state index in [4.69, 9.17) is 14.5 Å². The molecule has 1 aliphatic heterocycles. The molecule has 0 spiro atoms. The number of carbonyl (C=O) groups is 1. The van der Waals surface area contributed by atoms with Crippen LogP contribution in [0.3, 0.4) is 0 Å². The van der Waals surface area contributed by atoms with Gasteiger partial charge in [-0.25, -0.2) is 9.78 Å². The zero-order chi connectivity index (χ0) is 42.8. The number of rotatable bonds is 14. The van der Waals surface area contributed by atoms with E-state index in [1.54, 1.807) is 11.3 Å². The van der Waals surface area contributed by atoms with Gasteiger partial charge in [0.1, 0.15) is 11.4 Å². The Morgan fingerprint density at radius 2 is 1.75 bits per heavy atom. The van der Waals surface area contributed by atoms with Crippen molar-refractivity contribution in [2.75, 3.05) is 46.9 Å². The zero-order valence-corrected chi connectivity index (χ0v) is 38.9. The molecule has 13 heteroatoms. The van der Waals surface area contributed by atoms with Crippen LogP contribution in [0.4, 0.5) is 4.79 Å². The normalized spacial score (nSPS) is 16.3. The summed E-state index contributed by atoms with van der Waals surface area (Å²) in [7, 11) is 4.20. The van der Waals surface area contributed by atoms with Gasteiger partial charge in [-0.1, -0.05) is 43.2 Å². The first-order chi connectivity index (χ1) is 29.3. The second kappa shape index (κ2) is 18.6. The molecule has 6 aromatic rings. The quantitative estimate of drug-likeness (QED) is 0.108. The number of aryl methyl sites for hydroxylation is 1. The van der Waals surface area contributed by atoms with Crippen molar-refractivity contribution in [1.82, 2.24) is 34.1 Å². The van der Waals surface area contributed by atoms with Gasteiger partial charge in [-0.3, -0.25) is 9.20 Å². The molecule has 1 amide bonds. The van der Waals surface area contributed by atoms with Crippen molar-refractivity contribution in [3.8, 4) is 16.2 Å². The zero-order valence-electron chi connectivity index (χ0n) is 36.5. The number of fused-ring (bicyclic) bond motifs is 5. The smallest absolute Gasteiger partial charge is 0.408 e. The van der Waals surface area contributed by atoms with Crippen molar-refractivity contribution in [1.29, 1.82) is 0 Å². The summed E-state index contributed by atoms with van der Waals surface area (Å²) in [6.45, 7) is 12.2. The fourth-order valence-electron chi connectivity index (χ4n) is 9.40. The van der Waals surface area contributed by atoms with Gasteiger partial charge in [0.15, 0.2) is 0 Å². The third-order valence-electron chi connectivity index (χ3n) is 12.4. The van der Waals surface area contributed by atoms with E-state index < -0.39 is 11.7 Å². The molecule has 11 nitrogen and oxygen atoms in total. The van der Waals surface area contributed by atoms with E-state index >= 15 is 0 Å². The number of nitrogens with one attached hydrogen (secondary N) is 1. The highest BCUT2D eigenvalue weighted by atomic mass is 79.9. The Labute approximate surface area is 371 Å². The average Bonchev–Trinajstić information content (AvgIpc) is 3.98. The van der Waals surface area contributed by atoms with Crippen LogP contribution in [0.25, 0.3) is 38.2 Å². The number of carbonyl (C=O) groups excluding carboxylic acids is 1. The maximum atomic E-state index is 13.6. The highest BCUT2D eigenvalue weighted by Crippen LogP contribution is 2.42. The highest BCUT2D eigenvalue weighted by molar-refractivity contribution is 9.10. The van der Waals surface area contributed by atoms with Crippen LogP contribution in [0.5, 0.6) is 5.75 Å². The van der Waals surface area contributed by atoms with Crippen LogP contribution in [0.1, 0.15) is 113 Å². The molecule has 8 rings (SSSR count). The number of hydrogen-bond acceptors (Lipinski definition) is 9. The second-order valence-corrected chi connectivity index (χ2v) is 19.9. The minimum atomic E-state index is -0.580. The van der Waals surface area contributed by atoms with Crippen molar-refractivity contribution in [2.24, 2.45) is 0 Å². The van der Waals surface area contributed by atoms with Gasteiger partial charge in [0, 0.05) is 23.1 Å². The third kappa shape index (κ3) is 9.70. The molecular weight excluding hydrogens is 851 g/mol. The number of thiazole rings is 1. The maximum Gasteiger partial charge on any atom is 0.408 e. The van der Waals surface area contributed by atoms with E-state index in [1.165, 1.54) is 23.3 Å². The van der Waals surface area contributed by atoms with Crippen LogP contribution >= 0.6 is 27.3 Å².